The molecule has 2 aromatic heterocycles. The van der Waals surface area contributed by atoms with Crippen molar-refractivity contribution >= 4 is 11.3 Å². The maximum Gasteiger partial charge on any atom is 0.193 e. The van der Waals surface area contributed by atoms with Crippen molar-refractivity contribution in [2.24, 2.45) is 0 Å². The zero-order chi connectivity index (χ0) is 15.5. The zero-order valence-electron chi connectivity index (χ0n) is 13.1. The molecular formula is C16H22N4O2S. The van der Waals surface area contributed by atoms with Gasteiger partial charge in [-0.15, -0.1) is 11.3 Å². The molecule has 6 nitrogen and oxygen atoms in total. The second-order valence-electron chi connectivity index (χ2n) is 6.16. The molecule has 23 heavy (non-hydrogen) atoms. The number of morpholine rings is 1. The van der Waals surface area contributed by atoms with Crippen LogP contribution < -0.4 is 5.32 Å². The van der Waals surface area contributed by atoms with Crippen LogP contribution in [0.15, 0.2) is 29.9 Å². The highest BCUT2D eigenvalue weighted by Gasteiger charge is 2.38. The Kier molecular flexibility index (Phi) is 4.46. The molecule has 1 spiro atoms. The minimum Gasteiger partial charge on any atom is -0.377 e. The standard InChI is InChI=1S/C16H22N4O2S/c1-2-14(20(5-1)15-18-4-9-23-15)10-19-6-8-22-16(12-19)11-17-3-7-21-13-16/h1-2,4-5,9,17H,3,6-8,10-13H2. The van der Waals surface area contributed by atoms with Gasteiger partial charge in [0.25, 0.3) is 0 Å². The summed E-state index contributed by atoms with van der Waals surface area (Å²) in [6.45, 7) is 6.69. The van der Waals surface area contributed by atoms with Crippen LogP contribution in [-0.2, 0) is 16.0 Å². The average Bonchev–Trinajstić information content (AvgIpc) is 3.18. The highest BCUT2D eigenvalue weighted by molar-refractivity contribution is 7.12. The number of thiazole rings is 1. The summed E-state index contributed by atoms with van der Waals surface area (Å²) in [7, 11) is 0. The average molecular weight is 334 g/mol. The lowest BCUT2D eigenvalue weighted by Gasteiger charge is -2.41. The van der Waals surface area contributed by atoms with Crippen LogP contribution in [0.4, 0.5) is 0 Å². The molecule has 0 aromatic carbocycles. The van der Waals surface area contributed by atoms with Gasteiger partial charge in [-0.1, -0.05) is 0 Å². The molecule has 0 amide bonds. The topological polar surface area (TPSA) is 51.6 Å². The van der Waals surface area contributed by atoms with Crippen LogP contribution in [-0.4, -0.2) is 66.1 Å². The molecular weight excluding hydrogens is 312 g/mol. The number of nitrogens with zero attached hydrogens (tertiary/aromatic N) is 3. The monoisotopic (exact) mass is 334 g/mol. The van der Waals surface area contributed by atoms with Gasteiger partial charge in [-0.2, -0.15) is 0 Å². The van der Waals surface area contributed by atoms with Gasteiger partial charge in [0.1, 0.15) is 5.60 Å². The van der Waals surface area contributed by atoms with Crippen molar-refractivity contribution in [3.8, 4) is 5.13 Å². The second kappa shape index (κ2) is 6.70. The van der Waals surface area contributed by atoms with Gasteiger partial charge in [-0.3, -0.25) is 9.47 Å². The molecule has 4 rings (SSSR count). The number of ether oxygens (including phenoxy) is 2. The van der Waals surface area contributed by atoms with Crippen molar-refractivity contribution < 1.29 is 9.47 Å². The van der Waals surface area contributed by atoms with Crippen molar-refractivity contribution in [2.45, 2.75) is 12.1 Å². The van der Waals surface area contributed by atoms with E-state index < -0.39 is 0 Å². The van der Waals surface area contributed by atoms with E-state index in [-0.39, 0.29) is 5.60 Å². The first-order valence-corrected chi connectivity index (χ1v) is 8.94. The summed E-state index contributed by atoms with van der Waals surface area (Å²) in [6.07, 6.45) is 3.93. The first kappa shape index (κ1) is 15.3. The summed E-state index contributed by atoms with van der Waals surface area (Å²) < 4.78 is 14.0. The first-order chi connectivity index (χ1) is 11.3. The van der Waals surface area contributed by atoms with Gasteiger partial charge in [0.05, 0.1) is 19.8 Å². The third-order valence-corrected chi connectivity index (χ3v) is 5.18. The predicted octanol–water partition coefficient (Wildman–Crippen LogP) is 1.12. The minimum atomic E-state index is -0.215. The van der Waals surface area contributed by atoms with E-state index in [0.29, 0.717) is 6.61 Å². The largest absolute Gasteiger partial charge is 0.377 e. The second-order valence-corrected chi connectivity index (χ2v) is 7.03. The van der Waals surface area contributed by atoms with E-state index in [2.05, 4.69) is 38.1 Å². The fraction of sp³-hybridized carbons (Fsp3) is 0.562. The smallest absolute Gasteiger partial charge is 0.193 e. The quantitative estimate of drug-likeness (QED) is 0.912. The number of hydrogen-bond donors (Lipinski definition) is 1. The molecule has 4 heterocycles. The summed E-state index contributed by atoms with van der Waals surface area (Å²) in [4.78, 5) is 6.87. The van der Waals surface area contributed by atoms with E-state index in [1.165, 1.54) is 5.69 Å². The normalized spacial score (nSPS) is 26.4. The Labute approximate surface area is 140 Å². The zero-order valence-corrected chi connectivity index (χ0v) is 13.9. The molecule has 0 radical (unpaired) electrons. The maximum absolute atomic E-state index is 6.09. The van der Waals surface area contributed by atoms with Gasteiger partial charge in [-0.05, 0) is 12.1 Å². The third kappa shape index (κ3) is 3.34. The number of aromatic nitrogens is 2. The highest BCUT2D eigenvalue weighted by Crippen LogP contribution is 2.22. The Morgan fingerprint density at radius 3 is 3.30 bits per heavy atom. The van der Waals surface area contributed by atoms with Crippen molar-refractivity contribution in [3.63, 3.8) is 0 Å². The van der Waals surface area contributed by atoms with Crippen LogP contribution in [0.3, 0.4) is 0 Å². The molecule has 2 fully saturated rings. The molecule has 2 aliphatic rings. The molecule has 0 saturated carbocycles. The SMILES string of the molecule is c1cc(CN2CCOC3(CNCCOC3)C2)n(-c2nccs2)c1. The first-order valence-electron chi connectivity index (χ1n) is 8.06. The Bertz CT molecular complexity index is 620. The Morgan fingerprint density at radius 2 is 2.39 bits per heavy atom. The van der Waals surface area contributed by atoms with E-state index in [4.69, 9.17) is 9.47 Å². The van der Waals surface area contributed by atoms with E-state index in [9.17, 15) is 0 Å². The van der Waals surface area contributed by atoms with E-state index in [0.717, 1.165) is 51.1 Å². The van der Waals surface area contributed by atoms with Crippen LogP contribution in [0, 0.1) is 0 Å². The van der Waals surface area contributed by atoms with Crippen LogP contribution in [0.1, 0.15) is 5.69 Å². The summed E-state index contributed by atoms with van der Waals surface area (Å²) in [6, 6.07) is 4.26. The lowest BCUT2D eigenvalue weighted by molar-refractivity contribution is -0.135. The summed E-state index contributed by atoms with van der Waals surface area (Å²) in [5.74, 6) is 0. The Balaban J connectivity index is 1.48. The summed E-state index contributed by atoms with van der Waals surface area (Å²) >= 11 is 1.66. The molecule has 2 aromatic rings. The Hall–Kier alpha value is -1.25. The van der Waals surface area contributed by atoms with Gasteiger partial charge in [0.2, 0.25) is 0 Å². The molecule has 124 valence electrons. The highest BCUT2D eigenvalue weighted by atomic mass is 32.1. The van der Waals surface area contributed by atoms with Crippen LogP contribution in [0.2, 0.25) is 0 Å². The Morgan fingerprint density at radius 1 is 1.39 bits per heavy atom. The predicted molar refractivity (Wildman–Crippen MR) is 89.1 cm³/mol. The van der Waals surface area contributed by atoms with Crippen molar-refractivity contribution in [1.82, 2.24) is 19.8 Å². The molecule has 1 unspecified atom stereocenters. The minimum absolute atomic E-state index is 0.215. The lowest BCUT2D eigenvalue weighted by atomic mass is 10.0. The number of hydrogen-bond acceptors (Lipinski definition) is 6. The van der Waals surface area contributed by atoms with Gasteiger partial charge in [0.15, 0.2) is 5.13 Å². The molecule has 2 aliphatic heterocycles. The van der Waals surface area contributed by atoms with Gasteiger partial charge in [-0.25, -0.2) is 4.98 Å². The van der Waals surface area contributed by atoms with E-state index in [1.807, 2.05) is 11.6 Å². The molecule has 1 N–H and O–H groups in total. The molecule has 1 atom stereocenters. The third-order valence-electron chi connectivity index (χ3n) is 4.41. The molecule has 7 heteroatoms. The van der Waals surface area contributed by atoms with Crippen molar-refractivity contribution in [3.05, 3.63) is 35.6 Å². The molecule has 0 aliphatic carbocycles. The number of rotatable bonds is 3. The fourth-order valence-corrected chi connectivity index (χ4v) is 3.97. The summed E-state index contributed by atoms with van der Waals surface area (Å²) in [5.41, 5.74) is 1.05. The van der Waals surface area contributed by atoms with Gasteiger partial charge in [0, 0.05) is 56.2 Å². The molecule has 0 bridgehead atoms. The van der Waals surface area contributed by atoms with Crippen LogP contribution in [0.25, 0.3) is 5.13 Å². The van der Waals surface area contributed by atoms with Crippen LogP contribution in [0.5, 0.6) is 0 Å². The lowest BCUT2D eigenvalue weighted by Crippen LogP contribution is -2.57. The van der Waals surface area contributed by atoms with E-state index in [1.54, 1.807) is 11.3 Å². The van der Waals surface area contributed by atoms with Gasteiger partial charge < -0.3 is 14.8 Å². The number of nitrogens with one attached hydrogen (secondary N) is 1. The maximum atomic E-state index is 6.09. The van der Waals surface area contributed by atoms with E-state index >= 15 is 0 Å². The van der Waals surface area contributed by atoms with Crippen molar-refractivity contribution in [2.75, 3.05) is 46.0 Å². The summed E-state index contributed by atoms with van der Waals surface area (Å²) in [5, 5.41) is 6.46. The van der Waals surface area contributed by atoms with Crippen LogP contribution >= 0.6 is 11.3 Å². The molecule has 2 saturated heterocycles. The van der Waals surface area contributed by atoms with Gasteiger partial charge >= 0.3 is 0 Å². The van der Waals surface area contributed by atoms with Crippen molar-refractivity contribution in [1.29, 1.82) is 0 Å². The fourth-order valence-electron chi connectivity index (χ4n) is 3.32.